The van der Waals surface area contributed by atoms with E-state index in [-0.39, 0.29) is 19.0 Å². The molecule has 3 rings (SSSR count). The average molecular weight is 345 g/mol. The summed E-state index contributed by atoms with van der Waals surface area (Å²) in [5, 5.41) is 10.2. The monoisotopic (exact) mass is 345 g/mol. The van der Waals surface area contributed by atoms with Crippen LogP contribution in [-0.4, -0.2) is 61.5 Å². The lowest BCUT2D eigenvalue weighted by molar-refractivity contribution is 0.0135. The smallest absolute Gasteiger partial charge is 0.388 e. The van der Waals surface area contributed by atoms with E-state index in [1.54, 1.807) is 4.57 Å². The highest BCUT2D eigenvalue weighted by Gasteiger charge is 2.41. The van der Waals surface area contributed by atoms with Gasteiger partial charge < -0.3 is 25.0 Å². The highest BCUT2D eigenvalue weighted by molar-refractivity contribution is 7.47. The first-order valence-corrected chi connectivity index (χ1v) is 8.18. The van der Waals surface area contributed by atoms with E-state index >= 15 is 0 Å². The first-order valence-electron chi connectivity index (χ1n) is 6.69. The maximum absolute atomic E-state index is 11.4. The number of aromatic nitrogens is 4. The van der Waals surface area contributed by atoms with Gasteiger partial charge in [0.15, 0.2) is 11.5 Å². The maximum atomic E-state index is 11.4. The van der Waals surface area contributed by atoms with Gasteiger partial charge in [-0.3, -0.25) is 9.05 Å². The summed E-state index contributed by atoms with van der Waals surface area (Å²) in [7, 11) is -3.16. The maximum Gasteiger partial charge on any atom is 0.472 e. The summed E-state index contributed by atoms with van der Waals surface area (Å²) >= 11 is 0. The van der Waals surface area contributed by atoms with Gasteiger partial charge in [-0.15, -0.1) is 0 Å². The third-order valence-corrected chi connectivity index (χ3v) is 4.54. The molecule has 0 amide bonds. The van der Waals surface area contributed by atoms with Crippen molar-refractivity contribution in [1.82, 2.24) is 19.5 Å². The predicted molar refractivity (Wildman–Crippen MR) is 77.2 cm³/mol. The molecule has 2 aromatic heterocycles. The summed E-state index contributed by atoms with van der Waals surface area (Å²) < 4.78 is 27.7. The Bertz CT molecular complexity index is 754. The molecular formula is C11H16N5O6P. The van der Waals surface area contributed by atoms with Crippen LogP contribution < -0.4 is 5.73 Å². The molecule has 0 spiro atoms. The van der Waals surface area contributed by atoms with Crippen LogP contribution in [0.3, 0.4) is 0 Å². The molecular weight excluding hydrogens is 329 g/mol. The van der Waals surface area contributed by atoms with Gasteiger partial charge in [-0.05, 0) is 0 Å². The largest absolute Gasteiger partial charge is 0.472 e. The molecule has 1 aliphatic heterocycles. The fourth-order valence-corrected chi connectivity index (χ4v) is 2.96. The highest BCUT2D eigenvalue weighted by Crippen LogP contribution is 2.45. The molecule has 4 N–H and O–H groups in total. The zero-order chi connectivity index (χ0) is 16.6. The quantitative estimate of drug-likeness (QED) is 0.592. The van der Waals surface area contributed by atoms with Crippen molar-refractivity contribution in [2.75, 3.05) is 19.5 Å². The predicted octanol–water partition coefficient (Wildman–Crippen LogP) is -0.700. The Morgan fingerprint density at radius 1 is 1.52 bits per heavy atom. The van der Waals surface area contributed by atoms with Crippen molar-refractivity contribution in [2.24, 2.45) is 0 Å². The minimum Gasteiger partial charge on any atom is -0.388 e. The van der Waals surface area contributed by atoms with Crippen molar-refractivity contribution in [3.8, 4) is 0 Å². The van der Waals surface area contributed by atoms with Crippen LogP contribution >= 0.6 is 7.82 Å². The van der Waals surface area contributed by atoms with Crippen LogP contribution in [0.25, 0.3) is 11.2 Å². The fraction of sp³-hybridized carbons (Fsp3) is 0.545. The van der Waals surface area contributed by atoms with E-state index in [4.69, 9.17) is 15.0 Å². The van der Waals surface area contributed by atoms with E-state index in [1.807, 2.05) is 0 Å². The molecule has 1 aliphatic rings. The van der Waals surface area contributed by atoms with Gasteiger partial charge in [0.05, 0.1) is 19.5 Å². The SMILES string of the molecule is COP(=O)(O)OC1COC(Cn2cnc3c(N)ncnc32)C1O. The van der Waals surface area contributed by atoms with Gasteiger partial charge >= 0.3 is 7.82 Å². The van der Waals surface area contributed by atoms with Gasteiger partial charge in [0.1, 0.15) is 30.2 Å². The summed E-state index contributed by atoms with van der Waals surface area (Å²) in [4.78, 5) is 21.4. The zero-order valence-electron chi connectivity index (χ0n) is 12.1. The zero-order valence-corrected chi connectivity index (χ0v) is 13.0. The summed E-state index contributed by atoms with van der Waals surface area (Å²) in [6.07, 6.45) is 0.0818. The number of anilines is 1. The Hall–Kier alpha value is -1.62. The number of nitrogens with two attached hydrogens (primary N) is 1. The molecule has 4 unspecified atom stereocenters. The Morgan fingerprint density at radius 2 is 2.30 bits per heavy atom. The van der Waals surface area contributed by atoms with Crippen LogP contribution in [0.15, 0.2) is 12.7 Å². The number of ether oxygens (including phenoxy) is 1. The van der Waals surface area contributed by atoms with Crippen LogP contribution in [0, 0.1) is 0 Å². The molecule has 12 heteroatoms. The number of hydrogen-bond acceptors (Lipinski definition) is 9. The number of nitrogen functional groups attached to an aromatic ring is 1. The molecule has 23 heavy (non-hydrogen) atoms. The summed E-state index contributed by atoms with van der Waals surface area (Å²) in [5.41, 5.74) is 6.66. The Kier molecular flexibility index (Phi) is 4.32. The van der Waals surface area contributed by atoms with E-state index < -0.39 is 26.1 Å². The second kappa shape index (κ2) is 6.11. The van der Waals surface area contributed by atoms with Crippen LogP contribution in [0.2, 0.25) is 0 Å². The second-order valence-electron chi connectivity index (χ2n) is 4.99. The normalized spacial score (nSPS) is 27.3. The average Bonchev–Trinajstić information content (AvgIpc) is 3.07. The lowest BCUT2D eigenvalue weighted by atomic mass is 10.1. The molecule has 0 aromatic carbocycles. The molecule has 3 heterocycles. The molecule has 0 bridgehead atoms. The van der Waals surface area contributed by atoms with Crippen LogP contribution in [-0.2, 0) is 24.9 Å². The minimum atomic E-state index is -4.20. The fourth-order valence-electron chi connectivity index (χ4n) is 2.35. The van der Waals surface area contributed by atoms with Crippen molar-refractivity contribution >= 4 is 24.8 Å². The summed E-state index contributed by atoms with van der Waals surface area (Å²) in [5.74, 6) is 0.254. The van der Waals surface area contributed by atoms with Gasteiger partial charge in [-0.1, -0.05) is 0 Å². The minimum absolute atomic E-state index is 0.0382. The molecule has 0 aliphatic carbocycles. The Morgan fingerprint density at radius 3 is 3.04 bits per heavy atom. The van der Waals surface area contributed by atoms with Crippen LogP contribution in [0.5, 0.6) is 0 Å². The van der Waals surface area contributed by atoms with Crippen molar-refractivity contribution < 1.29 is 28.3 Å². The number of hydrogen-bond donors (Lipinski definition) is 3. The van der Waals surface area contributed by atoms with E-state index in [0.29, 0.717) is 11.2 Å². The summed E-state index contributed by atoms with van der Waals surface area (Å²) in [6.45, 7) is 0.181. The van der Waals surface area contributed by atoms with Crippen LogP contribution in [0.4, 0.5) is 5.82 Å². The van der Waals surface area contributed by atoms with Gasteiger partial charge in [0.25, 0.3) is 0 Å². The molecule has 2 aromatic rings. The molecule has 11 nitrogen and oxygen atoms in total. The van der Waals surface area contributed by atoms with Crippen LogP contribution in [0.1, 0.15) is 0 Å². The lowest BCUT2D eigenvalue weighted by Crippen LogP contribution is -2.34. The molecule has 0 radical (unpaired) electrons. The number of imidazole rings is 1. The third-order valence-electron chi connectivity index (χ3n) is 3.54. The van der Waals surface area contributed by atoms with Crippen molar-refractivity contribution in [1.29, 1.82) is 0 Å². The molecule has 1 fully saturated rings. The Labute approximate surface area is 130 Å². The van der Waals surface area contributed by atoms with Crippen molar-refractivity contribution in [3.63, 3.8) is 0 Å². The molecule has 1 saturated heterocycles. The number of aliphatic hydroxyl groups is 1. The number of phosphoric acid groups is 1. The number of aliphatic hydroxyl groups excluding tert-OH is 1. The highest BCUT2D eigenvalue weighted by atomic mass is 31.2. The number of nitrogens with zero attached hydrogens (tertiary/aromatic N) is 4. The lowest BCUT2D eigenvalue weighted by Gasteiger charge is -2.19. The van der Waals surface area contributed by atoms with Gasteiger partial charge in [-0.25, -0.2) is 19.5 Å². The van der Waals surface area contributed by atoms with E-state index in [2.05, 4.69) is 19.5 Å². The third kappa shape index (κ3) is 3.20. The number of fused-ring (bicyclic) bond motifs is 1. The Balaban J connectivity index is 1.73. The first-order chi connectivity index (χ1) is 10.9. The van der Waals surface area contributed by atoms with E-state index in [1.165, 1.54) is 12.7 Å². The number of phosphoric ester groups is 1. The van der Waals surface area contributed by atoms with E-state index in [0.717, 1.165) is 7.11 Å². The summed E-state index contributed by atoms with van der Waals surface area (Å²) in [6, 6.07) is 0. The molecule has 126 valence electrons. The van der Waals surface area contributed by atoms with Crippen molar-refractivity contribution in [2.45, 2.75) is 24.9 Å². The second-order valence-corrected chi connectivity index (χ2v) is 6.50. The number of rotatable bonds is 5. The van der Waals surface area contributed by atoms with Gasteiger partial charge in [-0.2, -0.15) is 0 Å². The van der Waals surface area contributed by atoms with E-state index in [9.17, 15) is 14.6 Å². The standard InChI is InChI=1S/C11H16N5O6P/c1-20-23(18,19)22-7-3-21-6(9(7)17)2-16-5-15-8-10(12)13-4-14-11(8)16/h4-7,9,17H,2-3H2,1H3,(H,18,19)(H2,12,13,14). The first kappa shape index (κ1) is 16.2. The molecule has 4 atom stereocenters. The molecule has 0 saturated carbocycles. The topological polar surface area (TPSA) is 155 Å². The van der Waals surface area contributed by atoms with Gasteiger partial charge in [0.2, 0.25) is 0 Å². The van der Waals surface area contributed by atoms with Crippen molar-refractivity contribution in [3.05, 3.63) is 12.7 Å². The van der Waals surface area contributed by atoms with Gasteiger partial charge in [0, 0.05) is 7.11 Å².